The fourth-order valence-electron chi connectivity index (χ4n) is 4.27. The lowest BCUT2D eigenvalue weighted by Gasteiger charge is -2.23. The van der Waals surface area contributed by atoms with Crippen LogP contribution in [0.3, 0.4) is 0 Å². The summed E-state index contributed by atoms with van der Waals surface area (Å²) < 4.78 is 14.0. The van der Waals surface area contributed by atoms with Crippen LogP contribution >= 0.6 is 11.6 Å². The lowest BCUT2D eigenvalue weighted by molar-refractivity contribution is 0.0997. The fraction of sp³-hybridized carbons (Fsp3) is 0.148. The molecule has 178 valence electrons. The van der Waals surface area contributed by atoms with E-state index in [-0.39, 0.29) is 10.7 Å². The molecule has 0 N–H and O–H groups in total. The summed E-state index contributed by atoms with van der Waals surface area (Å²) in [4.78, 5) is 28.5. The zero-order valence-corrected chi connectivity index (χ0v) is 20.3. The Kier molecular flexibility index (Phi) is 6.08. The number of rotatable bonds is 4. The van der Waals surface area contributed by atoms with Crippen LogP contribution in [0.2, 0.25) is 5.02 Å². The minimum Gasteiger partial charge on any atom is -0.369 e. The molecule has 0 spiro atoms. The van der Waals surface area contributed by atoms with E-state index in [2.05, 4.69) is 21.0 Å². The van der Waals surface area contributed by atoms with Gasteiger partial charge in [-0.15, -0.1) is 0 Å². The second-order valence-electron chi connectivity index (χ2n) is 8.61. The molecule has 0 atom stereocenters. The van der Waals surface area contributed by atoms with Gasteiger partial charge in [-0.1, -0.05) is 23.7 Å². The van der Waals surface area contributed by atoms with Gasteiger partial charge in [-0.05, 0) is 47.9 Å². The summed E-state index contributed by atoms with van der Waals surface area (Å²) in [6, 6.07) is 14.5. The highest BCUT2D eigenvalue weighted by Crippen LogP contribution is 2.42. The molecule has 9 heteroatoms. The minimum atomic E-state index is -0.457. The van der Waals surface area contributed by atoms with Gasteiger partial charge in [0.2, 0.25) is 0 Å². The van der Waals surface area contributed by atoms with Gasteiger partial charge in [0.1, 0.15) is 17.6 Å². The maximum Gasteiger partial charge on any atom is 0.296 e. The van der Waals surface area contributed by atoms with Crippen LogP contribution in [0.15, 0.2) is 59.9 Å². The molecule has 2 aromatic heterocycles. The summed E-state index contributed by atoms with van der Waals surface area (Å²) in [7, 11) is 3.56. The van der Waals surface area contributed by atoms with E-state index in [0.717, 1.165) is 27.8 Å². The Bertz CT molecular complexity index is 1580. The summed E-state index contributed by atoms with van der Waals surface area (Å²) in [6.07, 6.45) is 5.24. The predicted molar refractivity (Wildman–Crippen MR) is 138 cm³/mol. The molecule has 7 nitrogen and oxygen atoms in total. The molecule has 3 heterocycles. The number of anilines is 2. The van der Waals surface area contributed by atoms with E-state index < -0.39 is 11.7 Å². The Balaban J connectivity index is 1.58. The molecule has 5 rings (SSSR count). The minimum absolute atomic E-state index is 0.0360. The molecule has 0 unspecified atom stereocenters. The third-order valence-corrected chi connectivity index (χ3v) is 6.26. The molecule has 2 aromatic carbocycles. The SMILES string of the molecule is CN(C)C=NC(=O)c1ccc(-c2ccc3ncc(C#N)c(N4CCc5cc(F)c(Cl)cc54)c3c2)cn1. The zero-order chi connectivity index (χ0) is 25.4. The molecule has 36 heavy (non-hydrogen) atoms. The number of nitriles is 1. The summed E-state index contributed by atoms with van der Waals surface area (Å²) in [5.74, 6) is -0.886. The van der Waals surface area contributed by atoms with Crippen molar-refractivity contribution in [2.45, 2.75) is 6.42 Å². The first-order chi connectivity index (χ1) is 17.4. The summed E-state index contributed by atoms with van der Waals surface area (Å²) in [5, 5.41) is 10.7. The van der Waals surface area contributed by atoms with Crippen molar-refractivity contribution in [2.24, 2.45) is 4.99 Å². The van der Waals surface area contributed by atoms with E-state index in [0.29, 0.717) is 29.7 Å². The van der Waals surface area contributed by atoms with Gasteiger partial charge in [0, 0.05) is 49.7 Å². The maximum absolute atomic E-state index is 14.0. The molecule has 1 aliphatic rings. The number of amides is 1. The standard InChI is InChI=1S/C27H20ClFN6O/c1-34(2)15-33-27(36)24-6-4-18(13-32-24)16-3-5-23-20(9-16)26(19(12-30)14-31-23)35-8-7-17-10-22(29)21(28)11-25(17)35/h3-6,9-11,13-15H,7-8H2,1-2H3. The van der Waals surface area contributed by atoms with Crippen LogP contribution < -0.4 is 4.90 Å². The van der Waals surface area contributed by atoms with Gasteiger partial charge in [-0.25, -0.2) is 4.39 Å². The number of hydrogen-bond acceptors (Lipinski definition) is 5. The van der Waals surface area contributed by atoms with E-state index in [1.165, 1.54) is 12.4 Å². The molecular formula is C27H20ClFN6O. The van der Waals surface area contributed by atoms with Gasteiger partial charge in [0.15, 0.2) is 0 Å². The summed E-state index contributed by atoms with van der Waals surface area (Å²) in [5.41, 5.74) is 5.32. The number of aliphatic imine (C=N–C) groups is 1. The topological polar surface area (TPSA) is 85.5 Å². The number of fused-ring (bicyclic) bond motifs is 2. The highest BCUT2D eigenvalue weighted by molar-refractivity contribution is 6.31. The zero-order valence-electron chi connectivity index (χ0n) is 19.5. The van der Waals surface area contributed by atoms with Crippen LogP contribution in [-0.4, -0.2) is 47.8 Å². The number of carbonyl (C=O) groups excluding carboxylic acids is 1. The highest BCUT2D eigenvalue weighted by Gasteiger charge is 2.26. The van der Waals surface area contributed by atoms with Crippen molar-refractivity contribution in [3.63, 3.8) is 0 Å². The number of halogens is 2. The lowest BCUT2D eigenvalue weighted by atomic mass is 10.0. The first-order valence-electron chi connectivity index (χ1n) is 11.2. The fourth-order valence-corrected chi connectivity index (χ4v) is 4.43. The number of nitrogens with zero attached hydrogens (tertiary/aromatic N) is 6. The Hall–Kier alpha value is -4.35. The van der Waals surface area contributed by atoms with Crippen molar-refractivity contribution in [1.29, 1.82) is 5.26 Å². The Morgan fingerprint density at radius 3 is 2.69 bits per heavy atom. The molecule has 0 aliphatic carbocycles. The van der Waals surface area contributed by atoms with Crippen LogP contribution in [-0.2, 0) is 6.42 Å². The largest absolute Gasteiger partial charge is 0.369 e. The van der Waals surface area contributed by atoms with E-state index in [1.54, 1.807) is 43.5 Å². The second-order valence-corrected chi connectivity index (χ2v) is 9.01. The molecule has 0 saturated heterocycles. The molecule has 0 bridgehead atoms. The Morgan fingerprint density at radius 2 is 1.97 bits per heavy atom. The van der Waals surface area contributed by atoms with Crippen molar-refractivity contribution in [1.82, 2.24) is 14.9 Å². The Labute approximate surface area is 212 Å². The maximum atomic E-state index is 14.0. The molecule has 0 radical (unpaired) electrons. The van der Waals surface area contributed by atoms with Crippen LogP contribution in [0.5, 0.6) is 0 Å². The first-order valence-corrected chi connectivity index (χ1v) is 11.5. The van der Waals surface area contributed by atoms with Gasteiger partial charge in [0.25, 0.3) is 5.91 Å². The van der Waals surface area contributed by atoms with Gasteiger partial charge in [-0.2, -0.15) is 10.3 Å². The third kappa shape index (κ3) is 4.25. The third-order valence-electron chi connectivity index (χ3n) is 5.97. The van der Waals surface area contributed by atoms with Crippen LogP contribution in [0, 0.1) is 17.1 Å². The smallest absolute Gasteiger partial charge is 0.296 e. The number of hydrogen-bond donors (Lipinski definition) is 0. The van der Waals surface area contributed by atoms with E-state index in [1.807, 2.05) is 29.2 Å². The molecule has 1 amide bonds. The average molecular weight is 499 g/mol. The molecule has 4 aromatic rings. The van der Waals surface area contributed by atoms with Gasteiger partial charge >= 0.3 is 0 Å². The Morgan fingerprint density at radius 1 is 1.17 bits per heavy atom. The number of pyridine rings is 2. The quantitative estimate of drug-likeness (QED) is 0.277. The van der Waals surface area contributed by atoms with Crippen LogP contribution in [0.25, 0.3) is 22.0 Å². The first kappa shape index (κ1) is 23.4. The van der Waals surface area contributed by atoms with E-state index in [9.17, 15) is 14.4 Å². The van der Waals surface area contributed by atoms with Crippen molar-refractivity contribution in [3.05, 3.63) is 82.5 Å². The van der Waals surface area contributed by atoms with Gasteiger partial charge in [0.05, 0.1) is 28.1 Å². The number of aromatic nitrogens is 2. The van der Waals surface area contributed by atoms with Gasteiger partial charge in [-0.3, -0.25) is 14.8 Å². The van der Waals surface area contributed by atoms with E-state index in [4.69, 9.17) is 11.6 Å². The summed E-state index contributed by atoms with van der Waals surface area (Å²) in [6.45, 7) is 0.582. The van der Waals surface area contributed by atoms with E-state index >= 15 is 0 Å². The summed E-state index contributed by atoms with van der Waals surface area (Å²) >= 11 is 6.09. The monoisotopic (exact) mass is 498 g/mol. The van der Waals surface area contributed by atoms with Crippen LogP contribution in [0.1, 0.15) is 21.6 Å². The molecule has 0 saturated carbocycles. The number of carbonyl (C=O) groups is 1. The van der Waals surface area contributed by atoms with Crippen molar-refractivity contribution in [3.8, 4) is 17.2 Å². The van der Waals surface area contributed by atoms with Crippen LogP contribution in [0.4, 0.5) is 15.8 Å². The lowest BCUT2D eigenvalue weighted by Crippen LogP contribution is -2.15. The van der Waals surface area contributed by atoms with Crippen molar-refractivity contribution in [2.75, 3.05) is 25.5 Å². The molecule has 0 fully saturated rings. The second kappa shape index (κ2) is 9.36. The van der Waals surface area contributed by atoms with Crippen molar-refractivity contribution >= 4 is 46.1 Å². The highest BCUT2D eigenvalue weighted by atomic mass is 35.5. The average Bonchev–Trinajstić information content (AvgIpc) is 3.28. The normalized spacial score (nSPS) is 12.7. The molecule has 1 aliphatic heterocycles. The molecular weight excluding hydrogens is 479 g/mol. The van der Waals surface area contributed by atoms with Gasteiger partial charge < -0.3 is 9.80 Å². The van der Waals surface area contributed by atoms with Crippen molar-refractivity contribution < 1.29 is 9.18 Å². The predicted octanol–water partition coefficient (Wildman–Crippen LogP) is 5.39. The number of benzene rings is 2.